The molecule has 7 nitrogen and oxygen atoms in total. The number of anilines is 3. The van der Waals surface area contributed by atoms with E-state index in [9.17, 15) is 14.0 Å². The minimum absolute atomic E-state index is 0.0758. The second-order valence-corrected chi connectivity index (χ2v) is 8.74. The number of thiazole rings is 1. The number of hydrogen-bond acceptors (Lipinski definition) is 6. The van der Waals surface area contributed by atoms with E-state index in [-0.39, 0.29) is 36.3 Å². The molecule has 0 aliphatic rings. The van der Waals surface area contributed by atoms with Crippen molar-refractivity contribution in [3.63, 3.8) is 0 Å². The third-order valence-electron chi connectivity index (χ3n) is 5.31. The van der Waals surface area contributed by atoms with Crippen molar-refractivity contribution < 1.29 is 18.7 Å². The van der Waals surface area contributed by atoms with Crippen molar-refractivity contribution in [2.45, 2.75) is 13.0 Å². The van der Waals surface area contributed by atoms with Crippen LogP contribution in [0.25, 0.3) is 0 Å². The summed E-state index contributed by atoms with van der Waals surface area (Å²) in [4.78, 5) is 32.0. The van der Waals surface area contributed by atoms with Crippen LogP contribution in [-0.4, -0.2) is 35.4 Å². The molecule has 0 unspecified atom stereocenters. The number of amides is 2. The van der Waals surface area contributed by atoms with Crippen molar-refractivity contribution in [3.8, 4) is 5.75 Å². The van der Waals surface area contributed by atoms with Crippen molar-refractivity contribution in [3.05, 3.63) is 101 Å². The molecule has 0 radical (unpaired) electrons. The molecule has 4 rings (SSSR count). The lowest BCUT2D eigenvalue weighted by molar-refractivity contribution is -0.116. The van der Waals surface area contributed by atoms with Crippen molar-refractivity contribution in [1.29, 1.82) is 0 Å². The number of carbonyl (C=O) groups is 2. The first kappa shape index (κ1) is 24.9. The normalized spacial score (nSPS) is 10.5. The molecule has 1 aromatic heterocycles. The average Bonchev–Trinajstić information content (AvgIpc) is 3.37. The van der Waals surface area contributed by atoms with Crippen LogP contribution < -0.4 is 15.4 Å². The summed E-state index contributed by atoms with van der Waals surface area (Å²) >= 11 is 1.31. The standard InChI is InChI=1S/C27H25FN4O3S/c1-35-24-10-6-5-9-22(24)30-27-31-23(18-36-27)26(34)32(17-19-7-3-2-4-8-19)16-15-25(33)29-21-13-11-20(28)12-14-21/h2-14,18H,15-17H2,1H3,(H,29,33)(H,30,31). The molecule has 0 aliphatic carbocycles. The summed E-state index contributed by atoms with van der Waals surface area (Å²) in [5.74, 6) is -0.268. The van der Waals surface area contributed by atoms with E-state index in [0.29, 0.717) is 23.1 Å². The minimum atomic E-state index is -0.379. The Morgan fingerprint density at radius 3 is 2.47 bits per heavy atom. The monoisotopic (exact) mass is 504 g/mol. The van der Waals surface area contributed by atoms with Gasteiger partial charge in [0.25, 0.3) is 5.91 Å². The smallest absolute Gasteiger partial charge is 0.273 e. The van der Waals surface area contributed by atoms with Gasteiger partial charge >= 0.3 is 0 Å². The molecule has 9 heteroatoms. The number of para-hydroxylation sites is 2. The van der Waals surface area contributed by atoms with E-state index in [2.05, 4.69) is 15.6 Å². The summed E-state index contributed by atoms with van der Waals surface area (Å²) in [6, 6.07) is 22.5. The molecule has 2 N–H and O–H groups in total. The highest BCUT2D eigenvalue weighted by atomic mass is 32.1. The van der Waals surface area contributed by atoms with Gasteiger partial charge in [0.1, 0.15) is 17.3 Å². The Morgan fingerprint density at radius 2 is 1.72 bits per heavy atom. The lowest BCUT2D eigenvalue weighted by Gasteiger charge is -2.22. The molecule has 1 heterocycles. The van der Waals surface area contributed by atoms with Gasteiger partial charge in [-0.1, -0.05) is 42.5 Å². The predicted octanol–water partition coefficient (Wildman–Crippen LogP) is 5.71. The number of hydrogen-bond donors (Lipinski definition) is 2. The van der Waals surface area contributed by atoms with Gasteiger partial charge in [-0.25, -0.2) is 9.37 Å². The predicted molar refractivity (Wildman–Crippen MR) is 139 cm³/mol. The topological polar surface area (TPSA) is 83.6 Å². The average molecular weight is 505 g/mol. The Kier molecular flexibility index (Phi) is 8.25. The van der Waals surface area contributed by atoms with Crippen molar-refractivity contribution in [2.24, 2.45) is 0 Å². The largest absolute Gasteiger partial charge is 0.495 e. The van der Waals surface area contributed by atoms with Gasteiger partial charge in [0, 0.05) is 30.6 Å². The van der Waals surface area contributed by atoms with E-state index in [0.717, 1.165) is 11.3 Å². The highest BCUT2D eigenvalue weighted by Gasteiger charge is 2.21. The Balaban J connectivity index is 1.45. The van der Waals surface area contributed by atoms with Crippen LogP contribution in [0.1, 0.15) is 22.5 Å². The van der Waals surface area contributed by atoms with Gasteiger partial charge in [-0.2, -0.15) is 0 Å². The number of ether oxygens (including phenoxy) is 1. The van der Waals surface area contributed by atoms with Crippen LogP contribution in [0.3, 0.4) is 0 Å². The summed E-state index contributed by atoms with van der Waals surface area (Å²) in [6.07, 6.45) is 0.0758. The van der Waals surface area contributed by atoms with Crippen molar-refractivity contribution in [1.82, 2.24) is 9.88 Å². The van der Waals surface area contributed by atoms with Gasteiger partial charge in [-0.15, -0.1) is 11.3 Å². The first-order valence-corrected chi connectivity index (χ1v) is 12.1. The van der Waals surface area contributed by atoms with Crippen molar-refractivity contribution in [2.75, 3.05) is 24.3 Å². The number of halogens is 1. The zero-order chi connectivity index (χ0) is 25.3. The summed E-state index contributed by atoms with van der Waals surface area (Å²) in [6.45, 7) is 0.518. The Morgan fingerprint density at radius 1 is 1.00 bits per heavy atom. The number of benzene rings is 3. The maximum Gasteiger partial charge on any atom is 0.273 e. The lowest BCUT2D eigenvalue weighted by Crippen LogP contribution is -2.33. The van der Waals surface area contributed by atoms with Gasteiger partial charge in [0.2, 0.25) is 5.91 Å². The molecule has 0 saturated carbocycles. The fraction of sp³-hybridized carbons (Fsp3) is 0.148. The number of carbonyl (C=O) groups excluding carboxylic acids is 2. The first-order valence-electron chi connectivity index (χ1n) is 11.3. The molecule has 2 amide bonds. The zero-order valence-corrected chi connectivity index (χ0v) is 20.4. The van der Waals surface area contributed by atoms with E-state index in [4.69, 9.17) is 4.74 Å². The van der Waals surface area contributed by atoms with Crippen LogP contribution in [0.2, 0.25) is 0 Å². The molecule has 4 aromatic rings. The SMILES string of the molecule is COc1ccccc1Nc1nc(C(=O)N(CCC(=O)Nc2ccc(F)cc2)Cc2ccccc2)cs1. The van der Waals surface area contributed by atoms with Crippen LogP contribution in [0.5, 0.6) is 5.75 Å². The fourth-order valence-corrected chi connectivity index (χ4v) is 4.20. The number of aromatic nitrogens is 1. The van der Waals surface area contributed by atoms with E-state index < -0.39 is 0 Å². The van der Waals surface area contributed by atoms with Crippen LogP contribution in [0.4, 0.5) is 20.9 Å². The molecule has 0 saturated heterocycles. The van der Waals surface area contributed by atoms with Gasteiger partial charge in [0.15, 0.2) is 5.13 Å². The van der Waals surface area contributed by atoms with E-state index in [1.807, 2.05) is 54.6 Å². The minimum Gasteiger partial charge on any atom is -0.495 e. The Hall–Kier alpha value is -4.24. The fourth-order valence-electron chi connectivity index (χ4n) is 3.50. The summed E-state index contributed by atoms with van der Waals surface area (Å²) in [5.41, 5.74) is 2.46. The summed E-state index contributed by atoms with van der Waals surface area (Å²) in [7, 11) is 1.59. The third kappa shape index (κ3) is 6.67. The third-order valence-corrected chi connectivity index (χ3v) is 6.07. The Bertz CT molecular complexity index is 1310. The van der Waals surface area contributed by atoms with Crippen LogP contribution in [0, 0.1) is 5.82 Å². The van der Waals surface area contributed by atoms with Crippen LogP contribution in [0.15, 0.2) is 84.2 Å². The van der Waals surface area contributed by atoms with E-state index in [1.54, 1.807) is 17.4 Å². The molecular formula is C27H25FN4O3S. The number of nitrogens with one attached hydrogen (secondary N) is 2. The molecule has 0 bridgehead atoms. The van der Waals surface area contributed by atoms with Gasteiger partial charge < -0.3 is 20.3 Å². The highest BCUT2D eigenvalue weighted by molar-refractivity contribution is 7.14. The number of nitrogens with zero attached hydrogens (tertiary/aromatic N) is 2. The molecule has 0 spiro atoms. The van der Waals surface area contributed by atoms with Gasteiger partial charge in [0.05, 0.1) is 12.8 Å². The molecule has 0 aliphatic heterocycles. The maximum absolute atomic E-state index is 13.4. The van der Waals surface area contributed by atoms with E-state index in [1.165, 1.54) is 35.6 Å². The lowest BCUT2D eigenvalue weighted by atomic mass is 10.2. The zero-order valence-electron chi connectivity index (χ0n) is 19.6. The van der Waals surface area contributed by atoms with Crippen LogP contribution in [-0.2, 0) is 11.3 Å². The number of methoxy groups -OCH3 is 1. The molecule has 0 fully saturated rings. The summed E-state index contributed by atoms with van der Waals surface area (Å²) in [5, 5.41) is 8.16. The second kappa shape index (κ2) is 11.9. The molecule has 36 heavy (non-hydrogen) atoms. The summed E-state index contributed by atoms with van der Waals surface area (Å²) < 4.78 is 18.5. The van der Waals surface area contributed by atoms with E-state index >= 15 is 0 Å². The maximum atomic E-state index is 13.4. The molecular weight excluding hydrogens is 479 g/mol. The first-order chi connectivity index (χ1) is 17.5. The highest BCUT2D eigenvalue weighted by Crippen LogP contribution is 2.29. The van der Waals surface area contributed by atoms with Crippen molar-refractivity contribution >= 4 is 39.7 Å². The quantitative estimate of drug-likeness (QED) is 0.289. The van der Waals surface area contributed by atoms with Gasteiger partial charge in [-0.3, -0.25) is 9.59 Å². The van der Waals surface area contributed by atoms with Crippen LogP contribution >= 0.6 is 11.3 Å². The molecule has 0 atom stereocenters. The Labute approximate surface area is 212 Å². The molecule has 184 valence electrons. The van der Waals surface area contributed by atoms with Gasteiger partial charge in [-0.05, 0) is 42.0 Å². The molecule has 3 aromatic carbocycles. The second-order valence-electron chi connectivity index (χ2n) is 7.88. The number of rotatable bonds is 10.